The molecule has 0 bridgehead atoms. The van der Waals surface area contributed by atoms with Crippen LogP contribution in [-0.2, 0) is 6.18 Å². The predicted octanol–water partition coefficient (Wildman–Crippen LogP) is 6.86. The van der Waals surface area contributed by atoms with Crippen LogP contribution in [0.25, 0.3) is 22.0 Å². The number of ketones is 1. The minimum Gasteiger partial charge on any atom is -0.300 e. The molecule has 0 spiro atoms. The number of hydrogen-bond donors (Lipinski definition) is 0. The molecule has 0 N–H and O–H groups in total. The summed E-state index contributed by atoms with van der Waals surface area (Å²) in [6.07, 6.45) is -1.42. The van der Waals surface area contributed by atoms with Crippen LogP contribution in [0.5, 0.6) is 0 Å². The first-order valence-corrected chi connectivity index (χ1v) is 11.5. The fourth-order valence-electron chi connectivity index (χ4n) is 4.45. The van der Waals surface area contributed by atoms with E-state index in [0.717, 1.165) is 42.6 Å². The summed E-state index contributed by atoms with van der Waals surface area (Å²) in [5.41, 5.74) is 1.97. The summed E-state index contributed by atoms with van der Waals surface area (Å²) < 4.78 is 38.6. The van der Waals surface area contributed by atoms with Crippen molar-refractivity contribution in [1.29, 1.82) is 0 Å². The highest BCUT2D eigenvalue weighted by molar-refractivity contribution is 6.01. The SMILES string of the molecule is CC(C)N1CC([C@@H](C)CCC(=O)c2cnc3c(-c4ccc(C(F)(F)F)cc4)cccc3c2)C1. The van der Waals surface area contributed by atoms with Crippen LogP contribution >= 0.6 is 0 Å². The Morgan fingerprint density at radius 2 is 1.79 bits per heavy atom. The lowest BCUT2D eigenvalue weighted by atomic mass is 9.82. The van der Waals surface area contributed by atoms with Crippen molar-refractivity contribution in [2.75, 3.05) is 13.1 Å². The van der Waals surface area contributed by atoms with Gasteiger partial charge < -0.3 is 4.90 Å². The average molecular weight is 455 g/mol. The molecule has 33 heavy (non-hydrogen) atoms. The van der Waals surface area contributed by atoms with Crippen molar-refractivity contribution in [2.45, 2.75) is 45.8 Å². The van der Waals surface area contributed by atoms with Crippen LogP contribution in [0.3, 0.4) is 0 Å². The maximum Gasteiger partial charge on any atom is 0.416 e. The number of hydrogen-bond acceptors (Lipinski definition) is 3. The number of aromatic nitrogens is 1. The fraction of sp³-hybridized carbons (Fsp3) is 0.407. The smallest absolute Gasteiger partial charge is 0.300 e. The van der Waals surface area contributed by atoms with Gasteiger partial charge in [0.1, 0.15) is 0 Å². The summed E-state index contributed by atoms with van der Waals surface area (Å²) >= 11 is 0. The summed E-state index contributed by atoms with van der Waals surface area (Å²) in [5.74, 6) is 1.24. The Morgan fingerprint density at radius 3 is 2.42 bits per heavy atom. The third kappa shape index (κ3) is 5.11. The van der Waals surface area contributed by atoms with E-state index in [4.69, 9.17) is 0 Å². The number of carbonyl (C=O) groups is 1. The van der Waals surface area contributed by atoms with Crippen molar-refractivity contribution < 1.29 is 18.0 Å². The molecular weight excluding hydrogens is 425 g/mol. The molecule has 0 saturated carbocycles. The lowest BCUT2D eigenvalue weighted by Gasteiger charge is -2.45. The van der Waals surface area contributed by atoms with E-state index in [1.807, 2.05) is 24.3 Å². The van der Waals surface area contributed by atoms with Crippen molar-refractivity contribution in [2.24, 2.45) is 11.8 Å². The molecule has 0 unspecified atom stereocenters. The molecule has 1 atom stereocenters. The first-order valence-electron chi connectivity index (χ1n) is 11.5. The van der Waals surface area contributed by atoms with Crippen LogP contribution in [0.15, 0.2) is 54.7 Å². The second kappa shape index (κ2) is 9.26. The summed E-state index contributed by atoms with van der Waals surface area (Å²) in [4.78, 5) is 19.8. The summed E-state index contributed by atoms with van der Waals surface area (Å²) in [6, 6.07) is 13.0. The molecule has 2 aromatic carbocycles. The van der Waals surface area contributed by atoms with E-state index in [0.29, 0.717) is 40.9 Å². The number of nitrogens with zero attached hydrogens (tertiary/aromatic N) is 2. The van der Waals surface area contributed by atoms with E-state index >= 15 is 0 Å². The summed E-state index contributed by atoms with van der Waals surface area (Å²) in [7, 11) is 0. The van der Waals surface area contributed by atoms with Crippen molar-refractivity contribution in [1.82, 2.24) is 9.88 Å². The molecule has 2 heterocycles. The number of carbonyl (C=O) groups excluding carboxylic acids is 1. The Hall–Kier alpha value is -2.73. The molecule has 3 nitrogen and oxygen atoms in total. The highest BCUT2D eigenvalue weighted by Crippen LogP contribution is 2.33. The van der Waals surface area contributed by atoms with Crippen LogP contribution in [0.1, 0.15) is 49.5 Å². The highest BCUT2D eigenvalue weighted by atomic mass is 19.4. The van der Waals surface area contributed by atoms with Crippen molar-refractivity contribution in [3.8, 4) is 11.1 Å². The van der Waals surface area contributed by atoms with E-state index in [-0.39, 0.29) is 5.78 Å². The number of alkyl halides is 3. The maximum absolute atomic E-state index is 12.9. The van der Waals surface area contributed by atoms with Crippen molar-refractivity contribution >= 4 is 16.7 Å². The predicted molar refractivity (Wildman–Crippen MR) is 125 cm³/mol. The molecular formula is C27H29F3N2O. The molecule has 0 radical (unpaired) electrons. The van der Waals surface area contributed by atoms with Gasteiger partial charge in [-0.15, -0.1) is 0 Å². The zero-order valence-electron chi connectivity index (χ0n) is 19.2. The lowest BCUT2D eigenvalue weighted by Crippen LogP contribution is -2.52. The van der Waals surface area contributed by atoms with Crippen LogP contribution in [0, 0.1) is 11.8 Å². The van der Waals surface area contributed by atoms with Gasteiger partial charge in [-0.3, -0.25) is 9.78 Å². The third-order valence-electron chi connectivity index (χ3n) is 6.86. The van der Waals surface area contributed by atoms with Crippen LogP contribution < -0.4 is 0 Å². The van der Waals surface area contributed by atoms with Gasteiger partial charge in [-0.25, -0.2) is 0 Å². The molecule has 1 saturated heterocycles. The van der Waals surface area contributed by atoms with Crippen LogP contribution in [0.2, 0.25) is 0 Å². The third-order valence-corrected chi connectivity index (χ3v) is 6.86. The first kappa shape index (κ1) is 23.4. The van der Waals surface area contributed by atoms with Gasteiger partial charge in [0, 0.05) is 48.3 Å². The molecule has 0 aliphatic carbocycles. The number of para-hydroxylation sites is 1. The molecule has 4 rings (SSSR count). The maximum atomic E-state index is 12.9. The van der Waals surface area contributed by atoms with Gasteiger partial charge in [0.15, 0.2) is 5.78 Å². The number of fused-ring (bicyclic) bond motifs is 1. The van der Waals surface area contributed by atoms with E-state index in [9.17, 15) is 18.0 Å². The zero-order chi connectivity index (χ0) is 23.8. The number of Topliss-reactive ketones (excluding diaryl/α,β-unsaturated/α-hetero) is 1. The molecule has 3 aromatic rings. The van der Waals surface area contributed by atoms with Gasteiger partial charge >= 0.3 is 6.18 Å². The van der Waals surface area contributed by atoms with Gasteiger partial charge in [0.05, 0.1) is 11.1 Å². The second-order valence-electron chi connectivity index (χ2n) is 9.42. The van der Waals surface area contributed by atoms with Gasteiger partial charge in [0.25, 0.3) is 0 Å². The summed E-state index contributed by atoms with van der Waals surface area (Å²) in [5, 5.41) is 0.804. The Balaban J connectivity index is 1.46. The number of rotatable bonds is 7. The quantitative estimate of drug-likeness (QED) is 0.366. The van der Waals surface area contributed by atoms with Crippen molar-refractivity contribution in [3.63, 3.8) is 0 Å². The van der Waals surface area contributed by atoms with E-state index in [1.54, 1.807) is 6.20 Å². The second-order valence-corrected chi connectivity index (χ2v) is 9.42. The minimum atomic E-state index is -4.37. The Kier molecular flexibility index (Phi) is 6.57. The molecule has 1 fully saturated rings. The largest absolute Gasteiger partial charge is 0.416 e. The summed E-state index contributed by atoms with van der Waals surface area (Å²) in [6.45, 7) is 8.86. The normalized spacial score (nSPS) is 16.2. The molecule has 174 valence electrons. The van der Waals surface area contributed by atoms with Crippen LogP contribution in [0.4, 0.5) is 13.2 Å². The zero-order valence-corrected chi connectivity index (χ0v) is 19.2. The monoisotopic (exact) mass is 454 g/mol. The lowest BCUT2D eigenvalue weighted by molar-refractivity contribution is -0.137. The Morgan fingerprint density at radius 1 is 1.09 bits per heavy atom. The van der Waals surface area contributed by atoms with Gasteiger partial charge in [-0.2, -0.15) is 13.2 Å². The number of benzene rings is 2. The van der Waals surface area contributed by atoms with E-state index in [2.05, 4.69) is 30.7 Å². The first-order chi connectivity index (χ1) is 15.6. The van der Waals surface area contributed by atoms with Gasteiger partial charge in [-0.1, -0.05) is 37.3 Å². The number of likely N-dealkylation sites (tertiary alicyclic amines) is 1. The van der Waals surface area contributed by atoms with Gasteiger partial charge in [-0.05, 0) is 55.9 Å². The Bertz CT molecular complexity index is 1130. The highest BCUT2D eigenvalue weighted by Gasteiger charge is 2.32. The average Bonchev–Trinajstić information content (AvgIpc) is 2.75. The molecule has 1 aromatic heterocycles. The number of halogens is 3. The fourth-order valence-corrected chi connectivity index (χ4v) is 4.45. The van der Waals surface area contributed by atoms with Gasteiger partial charge in [0.2, 0.25) is 0 Å². The molecule has 0 amide bonds. The Labute approximate surface area is 192 Å². The molecule has 1 aliphatic heterocycles. The van der Waals surface area contributed by atoms with Crippen molar-refractivity contribution in [3.05, 3.63) is 65.9 Å². The molecule has 1 aliphatic rings. The van der Waals surface area contributed by atoms with E-state index in [1.165, 1.54) is 12.1 Å². The topological polar surface area (TPSA) is 33.2 Å². The number of pyridine rings is 1. The standard InChI is InChI=1S/C27H29F3N2O/c1-17(2)32-15-22(16-32)18(3)7-12-25(33)21-13-20-5-4-6-24(26(20)31-14-21)19-8-10-23(11-9-19)27(28,29)30/h4-6,8-11,13-14,17-18,22H,7,12,15-16H2,1-3H3/t18-/m0/s1. The molecule has 6 heteroatoms. The van der Waals surface area contributed by atoms with E-state index < -0.39 is 11.7 Å². The van der Waals surface area contributed by atoms with Crippen LogP contribution in [-0.4, -0.2) is 34.8 Å². The minimum absolute atomic E-state index is 0.0798.